The number of thioether (sulfide) groups is 1. The van der Waals surface area contributed by atoms with Gasteiger partial charge in [0.05, 0.1) is 16.8 Å². The highest BCUT2D eigenvalue weighted by atomic mass is 32.2. The molecular weight excluding hydrogens is 316 g/mol. The number of carbonyl (C=O) groups excluding carboxylic acids is 1. The predicted molar refractivity (Wildman–Crippen MR) is 82.0 cm³/mol. The normalized spacial score (nSPS) is 22.6. The molecule has 2 heterocycles. The summed E-state index contributed by atoms with van der Waals surface area (Å²) in [6.45, 7) is 3.76. The van der Waals surface area contributed by atoms with Crippen molar-refractivity contribution in [3.05, 3.63) is 11.1 Å². The maximum absolute atomic E-state index is 12.3. The Morgan fingerprint density at radius 3 is 2.80 bits per heavy atom. The first-order chi connectivity index (χ1) is 9.28. The fourth-order valence-corrected chi connectivity index (χ4v) is 6.00. The summed E-state index contributed by atoms with van der Waals surface area (Å²) in [5, 5.41) is 1.70. The van der Waals surface area contributed by atoms with Gasteiger partial charge in [-0.05, 0) is 20.3 Å². The molecule has 0 spiro atoms. The summed E-state index contributed by atoms with van der Waals surface area (Å²) < 4.78 is 23.8. The second-order valence-corrected chi connectivity index (χ2v) is 9.70. The fraction of sp³-hybridized carbons (Fsp3) is 0.667. The van der Waals surface area contributed by atoms with Crippen LogP contribution >= 0.6 is 23.1 Å². The zero-order valence-electron chi connectivity index (χ0n) is 11.7. The van der Waals surface area contributed by atoms with Crippen LogP contribution in [0.2, 0.25) is 0 Å². The Hall–Kier alpha value is -0.600. The van der Waals surface area contributed by atoms with Crippen LogP contribution in [-0.4, -0.2) is 54.1 Å². The van der Waals surface area contributed by atoms with Gasteiger partial charge in [-0.2, -0.15) is 0 Å². The molecule has 2 unspecified atom stereocenters. The van der Waals surface area contributed by atoms with Gasteiger partial charge in [0.15, 0.2) is 14.2 Å². The van der Waals surface area contributed by atoms with Gasteiger partial charge in [-0.25, -0.2) is 13.4 Å². The highest BCUT2D eigenvalue weighted by Gasteiger charge is 2.34. The zero-order valence-corrected chi connectivity index (χ0v) is 14.1. The molecule has 2 atom stereocenters. The third-order valence-corrected chi connectivity index (χ3v) is 7.25. The number of sulfone groups is 1. The third-order valence-electron chi connectivity index (χ3n) is 3.33. The first kappa shape index (κ1) is 15.8. The monoisotopic (exact) mass is 334 g/mol. The van der Waals surface area contributed by atoms with Crippen molar-refractivity contribution < 1.29 is 13.2 Å². The Kier molecular flexibility index (Phi) is 4.76. The Morgan fingerprint density at radius 2 is 2.30 bits per heavy atom. The molecule has 1 amide bonds. The van der Waals surface area contributed by atoms with Crippen LogP contribution in [0.1, 0.15) is 19.0 Å². The van der Waals surface area contributed by atoms with Crippen LogP contribution in [0.4, 0.5) is 0 Å². The SMILES string of the molecule is Cc1csc(SC(C)C(=O)N(C)C2CCS(=O)(=O)C2)n1. The van der Waals surface area contributed by atoms with Crippen molar-refractivity contribution in [1.29, 1.82) is 0 Å². The van der Waals surface area contributed by atoms with E-state index in [0.717, 1.165) is 10.0 Å². The van der Waals surface area contributed by atoms with E-state index in [1.165, 1.54) is 23.1 Å². The van der Waals surface area contributed by atoms with Crippen LogP contribution in [0.3, 0.4) is 0 Å². The lowest BCUT2D eigenvalue weighted by molar-refractivity contribution is -0.130. The van der Waals surface area contributed by atoms with E-state index in [9.17, 15) is 13.2 Å². The van der Waals surface area contributed by atoms with Gasteiger partial charge in [-0.1, -0.05) is 11.8 Å². The van der Waals surface area contributed by atoms with E-state index in [4.69, 9.17) is 0 Å². The van der Waals surface area contributed by atoms with Crippen molar-refractivity contribution in [3.8, 4) is 0 Å². The van der Waals surface area contributed by atoms with Gasteiger partial charge >= 0.3 is 0 Å². The number of nitrogens with zero attached hydrogens (tertiary/aromatic N) is 2. The molecule has 0 saturated carbocycles. The molecule has 0 aromatic carbocycles. The summed E-state index contributed by atoms with van der Waals surface area (Å²) in [5.74, 6) is 0.232. The summed E-state index contributed by atoms with van der Waals surface area (Å²) in [5.41, 5.74) is 0.951. The minimum absolute atomic E-state index is 0.0371. The summed E-state index contributed by atoms with van der Waals surface area (Å²) in [7, 11) is -1.27. The van der Waals surface area contributed by atoms with Crippen LogP contribution in [0.15, 0.2) is 9.72 Å². The first-order valence-electron chi connectivity index (χ1n) is 6.34. The summed E-state index contributed by atoms with van der Waals surface area (Å²) in [4.78, 5) is 18.3. The van der Waals surface area contributed by atoms with Gasteiger partial charge in [0.1, 0.15) is 0 Å². The minimum atomic E-state index is -2.97. The number of rotatable bonds is 4. The summed E-state index contributed by atoms with van der Waals surface area (Å²) in [6.07, 6.45) is 0.540. The number of thiazole rings is 1. The molecule has 1 aromatic heterocycles. The zero-order chi connectivity index (χ0) is 14.9. The largest absolute Gasteiger partial charge is 0.341 e. The van der Waals surface area contributed by atoms with Gasteiger partial charge in [0.25, 0.3) is 0 Å². The van der Waals surface area contributed by atoms with Crippen LogP contribution in [0.25, 0.3) is 0 Å². The number of hydrogen-bond donors (Lipinski definition) is 0. The Balaban J connectivity index is 1.96. The van der Waals surface area contributed by atoms with E-state index in [2.05, 4.69) is 4.98 Å². The highest BCUT2D eigenvalue weighted by molar-refractivity contribution is 8.02. The van der Waals surface area contributed by atoms with E-state index in [1.54, 1.807) is 11.9 Å². The van der Waals surface area contributed by atoms with Crippen molar-refractivity contribution in [2.45, 2.75) is 35.9 Å². The second-order valence-electron chi connectivity index (χ2n) is 5.02. The van der Waals surface area contributed by atoms with Gasteiger partial charge in [-0.15, -0.1) is 11.3 Å². The second kappa shape index (κ2) is 6.03. The molecule has 0 radical (unpaired) electrons. The molecule has 1 aliphatic heterocycles. The maximum atomic E-state index is 12.3. The van der Waals surface area contributed by atoms with Gasteiger partial charge in [0.2, 0.25) is 5.91 Å². The van der Waals surface area contributed by atoms with Crippen molar-refractivity contribution >= 4 is 38.8 Å². The predicted octanol–water partition coefficient (Wildman–Crippen LogP) is 1.58. The lowest BCUT2D eigenvalue weighted by Gasteiger charge is -2.25. The number of aromatic nitrogens is 1. The quantitative estimate of drug-likeness (QED) is 0.782. The molecule has 5 nitrogen and oxygen atoms in total. The number of aryl methyl sites for hydroxylation is 1. The van der Waals surface area contributed by atoms with E-state index in [0.29, 0.717) is 6.42 Å². The maximum Gasteiger partial charge on any atom is 0.235 e. The average Bonchev–Trinajstić information content (AvgIpc) is 2.93. The van der Waals surface area contributed by atoms with Gasteiger partial charge in [0, 0.05) is 24.2 Å². The van der Waals surface area contributed by atoms with Crippen LogP contribution in [0.5, 0.6) is 0 Å². The highest BCUT2D eigenvalue weighted by Crippen LogP contribution is 2.28. The molecule has 0 N–H and O–H groups in total. The molecule has 1 aromatic rings. The lowest BCUT2D eigenvalue weighted by Crippen LogP contribution is -2.41. The van der Waals surface area contributed by atoms with Crippen LogP contribution in [-0.2, 0) is 14.6 Å². The van der Waals surface area contributed by atoms with Gasteiger partial charge in [-0.3, -0.25) is 4.79 Å². The van der Waals surface area contributed by atoms with Crippen molar-refractivity contribution in [3.63, 3.8) is 0 Å². The Bertz CT molecular complexity index is 597. The third kappa shape index (κ3) is 3.73. The molecule has 1 saturated heterocycles. The first-order valence-corrected chi connectivity index (χ1v) is 9.92. The number of hydrogen-bond acceptors (Lipinski definition) is 6. The summed E-state index contributed by atoms with van der Waals surface area (Å²) in [6, 6.07) is -0.186. The molecule has 20 heavy (non-hydrogen) atoms. The van der Waals surface area contributed by atoms with Crippen LogP contribution in [0, 0.1) is 6.92 Å². The van der Waals surface area contributed by atoms with Crippen LogP contribution < -0.4 is 0 Å². The van der Waals surface area contributed by atoms with E-state index in [-0.39, 0.29) is 28.7 Å². The molecular formula is C12H18N2O3S3. The molecule has 0 aliphatic carbocycles. The molecule has 1 fully saturated rings. The molecule has 2 rings (SSSR count). The standard InChI is InChI=1S/C12H18N2O3S3/c1-8-6-18-12(13-8)19-9(2)11(15)14(3)10-4-5-20(16,17)7-10/h6,9-10H,4-5,7H2,1-3H3. The average molecular weight is 334 g/mol. The van der Waals surface area contributed by atoms with E-state index >= 15 is 0 Å². The topological polar surface area (TPSA) is 67.3 Å². The van der Waals surface area contributed by atoms with Crippen molar-refractivity contribution in [2.24, 2.45) is 0 Å². The lowest BCUT2D eigenvalue weighted by atomic mass is 10.2. The van der Waals surface area contributed by atoms with Gasteiger partial charge < -0.3 is 4.90 Å². The molecule has 1 aliphatic rings. The number of amides is 1. The van der Waals surface area contributed by atoms with Crippen molar-refractivity contribution in [2.75, 3.05) is 18.6 Å². The smallest absolute Gasteiger partial charge is 0.235 e. The Morgan fingerprint density at radius 1 is 1.60 bits per heavy atom. The number of carbonyl (C=O) groups is 1. The Labute approximate surface area is 127 Å². The van der Waals surface area contributed by atoms with Crippen molar-refractivity contribution in [1.82, 2.24) is 9.88 Å². The summed E-state index contributed by atoms with van der Waals surface area (Å²) >= 11 is 2.95. The fourth-order valence-electron chi connectivity index (χ4n) is 2.14. The molecule has 112 valence electrons. The molecule has 0 bridgehead atoms. The van der Waals surface area contributed by atoms with E-state index < -0.39 is 9.84 Å². The minimum Gasteiger partial charge on any atom is -0.341 e. The molecule has 8 heteroatoms. The van der Waals surface area contributed by atoms with E-state index in [1.807, 2.05) is 19.2 Å².